The van der Waals surface area contributed by atoms with Crippen LogP contribution in [-0.2, 0) is 17.8 Å². The lowest BCUT2D eigenvalue weighted by molar-refractivity contribution is -0.132. The maximum atomic E-state index is 13.2. The van der Waals surface area contributed by atoms with Gasteiger partial charge in [-0.25, -0.2) is 4.39 Å². The minimum atomic E-state index is -0.406. The monoisotopic (exact) mass is 345 g/mol. The smallest absolute Gasteiger partial charge is 0.230 e. The van der Waals surface area contributed by atoms with Crippen molar-refractivity contribution in [1.82, 2.24) is 9.47 Å². The predicted molar refractivity (Wildman–Crippen MR) is 98.1 cm³/mol. The molecule has 1 unspecified atom stereocenters. The van der Waals surface area contributed by atoms with Gasteiger partial charge in [0.1, 0.15) is 12.4 Å². The molecule has 25 heavy (non-hydrogen) atoms. The van der Waals surface area contributed by atoms with E-state index in [2.05, 4.69) is 4.57 Å². The largest absolute Gasteiger partial charge is 0.497 e. The minimum absolute atomic E-state index is 0.140. The van der Waals surface area contributed by atoms with E-state index >= 15 is 0 Å². The molecule has 0 fully saturated rings. The summed E-state index contributed by atoms with van der Waals surface area (Å²) in [4.78, 5) is 15.0. The first-order chi connectivity index (χ1) is 12.2. The quantitative estimate of drug-likeness (QED) is 0.795. The summed E-state index contributed by atoms with van der Waals surface area (Å²) in [6.45, 7) is 5.39. The van der Waals surface area contributed by atoms with Gasteiger partial charge in [-0.05, 0) is 56.9 Å². The molecule has 0 bridgehead atoms. The van der Waals surface area contributed by atoms with Gasteiger partial charge in [-0.2, -0.15) is 0 Å². The topological polar surface area (TPSA) is 34.5 Å². The van der Waals surface area contributed by atoms with Gasteiger partial charge in [-0.15, -0.1) is 0 Å². The Bertz CT molecular complexity index is 765. The molecular weight excluding hydrogens is 318 g/mol. The Kier molecular flexibility index (Phi) is 5.30. The lowest BCUT2D eigenvalue weighted by Gasteiger charge is -2.29. The lowest BCUT2D eigenvalue weighted by Crippen LogP contribution is -2.36. The molecule has 1 aromatic carbocycles. The molecule has 1 amide bonds. The fourth-order valence-electron chi connectivity index (χ4n) is 4.16. The van der Waals surface area contributed by atoms with Crippen LogP contribution >= 0.6 is 0 Å². The van der Waals surface area contributed by atoms with Gasteiger partial charge in [0.25, 0.3) is 0 Å². The Balaban J connectivity index is 2.19. The first-order valence-electron chi connectivity index (χ1n) is 9.19. The van der Waals surface area contributed by atoms with E-state index in [1.165, 1.54) is 0 Å². The van der Waals surface area contributed by atoms with Crippen molar-refractivity contribution in [2.24, 2.45) is 0 Å². The van der Waals surface area contributed by atoms with E-state index in [0.29, 0.717) is 19.6 Å². The summed E-state index contributed by atoms with van der Waals surface area (Å²) < 4.78 is 20.6. The molecule has 136 valence electrons. The zero-order valence-corrected chi connectivity index (χ0v) is 15.3. The normalized spacial score (nSPS) is 16.7. The van der Waals surface area contributed by atoms with Crippen LogP contribution in [0.4, 0.5) is 4.39 Å². The number of carbonyl (C=O) groups excluding carboxylic acids is 1. The number of rotatable bonds is 6. The number of hydrogen-bond donors (Lipinski definition) is 0. The number of fused-ring (bicyclic) bond motifs is 3. The second-order valence-corrected chi connectivity index (χ2v) is 6.54. The summed E-state index contributed by atoms with van der Waals surface area (Å²) >= 11 is 0. The van der Waals surface area contributed by atoms with Crippen LogP contribution in [0.5, 0.6) is 5.75 Å². The summed E-state index contributed by atoms with van der Waals surface area (Å²) in [7, 11) is 1.64. The molecule has 1 heterocycles. The number of methoxy groups -OCH3 is 1. The van der Waals surface area contributed by atoms with E-state index in [9.17, 15) is 9.18 Å². The van der Waals surface area contributed by atoms with Gasteiger partial charge in [0.15, 0.2) is 0 Å². The van der Waals surface area contributed by atoms with E-state index < -0.39 is 6.67 Å². The molecule has 0 radical (unpaired) electrons. The Labute approximate surface area is 148 Å². The van der Waals surface area contributed by atoms with Crippen molar-refractivity contribution in [2.45, 2.75) is 45.6 Å². The molecule has 1 atom stereocenters. The molecule has 1 aliphatic carbocycles. The molecule has 1 aliphatic rings. The second kappa shape index (κ2) is 7.46. The highest BCUT2D eigenvalue weighted by Gasteiger charge is 2.33. The summed E-state index contributed by atoms with van der Waals surface area (Å²) in [6, 6.07) is 5.89. The minimum Gasteiger partial charge on any atom is -0.497 e. The average molecular weight is 345 g/mol. The molecule has 2 aromatic rings. The molecule has 0 saturated heterocycles. The van der Waals surface area contributed by atoms with Crippen LogP contribution < -0.4 is 4.74 Å². The van der Waals surface area contributed by atoms with Gasteiger partial charge in [0, 0.05) is 29.7 Å². The van der Waals surface area contributed by atoms with E-state index in [0.717, 1.165) is 47.2 Å². The van der Waals surface area contributed by atoms with Gasteiger partial charge in [0.2, 0.25) is 5.91 Å². The molecule has 0 spiro atoms. The van der Waals surface area contributed by atoms with E-state index in [4.69, 9.17) is 4.74 Å². The fourth-order valence-corrected chi connectivity index (χ4v) is 4.16. The van der Waals surface area contributed by atoms with Gasteiger partial charge in [-0.1, -0.05) is 0 Å². The van der Waals surface area contributed by atoms with E-state index in [-0.39, 0.29) is 11.8 Å². The molecule has 0 saturated carbocycles. The summed E-state index contributed by atoms with van der Waals surface area (Å²) in [5.74, 6) is 0.819. The van der Waals surface area contributed by atoms with Crippen LogP contribution in [0.1, 0.15) is 43.9 Å². The van der Waals surface area contributed by atoms with Crippen LogP contribution in [0.3, 0.4) is 0 Å². The zero-order chi connectivity index (χ0) is 18.0. The van der Waals surface area contributed by atoms with E-state index in [1.807, 2.05) is 36.9 Å². The van der Waals surface area contributed by atoms with Crippen molar-refractivity contribution >= 4 is 16.8 Å². The van der Waals surface area contributed by atoms with Crippen LogP contribution in [0.15, 0.2) is 18.2 Å². The van der Waals surface area contributed by atoms with Gasteiger partial charge >= 0.3 is 0 Å². The van der Waals surface area contributed by atoms with E-state index in [1.54, 1.807) is 7.11 Å². The third-order valence-corrected chi connectivity index (χ3v) is 5.36. The lowest BCUT2D eigenvalue weighted by atomic mass is 9.84. The number of benzene rings is 1. The SMILES string of the molecule is CCN(CC)C(=O)C1CCCc2c1c1cc(OC)ccc1n2CC[18F]. The van der Waals surface area contributed by atoms with Crippen LogP contribution in [0, 0.1) is 0 Å². The molecular formula is C20H27FN2O2. The van der Waals surface area contributed by atoms with Crippen LogP contribution in [-0.4, -0.2) is 42.2 Å². The van der Waals surface area contributed by atoms with Gasteiger partial charge in [0.05, 0.1) is 19.6 Å². The molecule has 0 aliphatic heterocycles. The third-order valence-electron chi connectivity index (χ3n) is 5.36. The van der Waals surface area contributed by atoms with Crippen molar-refractivity contribution in [3.8, 4) is 5.75 Å². The number of carbonyl (C=O) groups is 1. The fraction of sp³-hybridized carbons (Fsp3) is 0.550. The average Bonchev–Trinajstić information content (AvgIpc) is 2.96. The zero-order valence-electron chi connectivity index (χ0n) is 15.3. The molecule has 4 nitrogen and oxygen atoms in total. The first kappa shape index (κ1) is 17.8. The Hall–Kier alpha value is -2.04. The molecule has 0 N–H and O–H groups in total. The molecule has 5 heteroatoms. The Morgan fingerprint density at radius 3 is 2.76 bits per heavy atom. The molecule has 3 rings (SSSR count). The molecule has 1 aromatic heterocycles. The highest BCUT2D eigenvalue weighted by Crippen LogP contribution is 2.41. The summed E-state index contributed by atoms with van der Waals surface area (Å²) in [5.41, 5.74) is 3.21. The highest BCUT2D eigenvalue weighted by atomic mass is 18.2. The van der Waals surface area contributed by atoms with Gasteiger partial charge < -0.3 is 14.2 Å². The van der Waals surface area contributed by atoms with Crippen LogP contribution in [0.2, 0.25) is 0 Å². The Morgan fingerprint density at radius 1 is 1.36 bits per heavy atom. The Morgan fingerprint density at radius 2 is 2.12 bits per heavy atom. The van der Waals surface area contributed by atoms with Crippen molar-refractivity contribution in [1.29, 1.82) is 0 Å². The number of alkyl halides is 1. The number of aromatic nitrogens is 1. The van der Waals surface area contributed by atoms with Crippen LogP contribution in [0.25, 0.3) is 10.9 Å². The first-order valence-corrected chi connectivity index (χ1v) is 9.19. The van der Waals surface area contributed by atoms with Crippen molar-refractivity contribution in [3.05, 3.63) is 29.5 Å². The maximum Gasteiger partial charge on any atom is 0.230 e. The highest BCUT2D eigenvalue weighted by molar-refractivity contribution is 5.94. The number of hydrogen-bond acceptors (Lipinski definition) is 2. The number of aryl methyl sites for hydroxylation is 1. The van der Waals surface area contributed by atoms with Gasteiger partial charge in [-0.3, -0.25) is 4.79 Å². The van der Waals surface area contributed by atoms with Crippen molar-refractivity contribution < 1.29 is 13.9 Å². The number of amides is 1. The summed E-state index contributed by atoms with van der Waals surface area (Å²) in [5, 5.41) is 1.04. The third kappa shape index (κ3) is 3.00. The number of nitrogens with zero attached hydrogens (tertiary/aromatic N) is 2. The van der Waals surface area contributed by atoms with Crippen molar-refractivity contribution in [3.63, 3.8) is 0 Å². The summed E-state index contributed by atoms with van der Waals surface area (Å²) in [6.07, 6.45) is 2.72. The number of ether oxygens (including phenoxy) is 1. The number of halogens is 1. The standard InChI is InChI=1S/C20H27FN2O2/c1-4-22(5-2)20(24)15-7-6-8-18-19(15)16-13-14(25-3)9-10-17(16)23(18)12-11-21/h9-10,13,15H,4-8,11-12H2,1-3H3/i21-1. The van der Waals surface area contributed by atoms with Crippen molar-refractivity contribution in [2.75, 3.05) is 26.9 Å². The second-order valence-electron chi connectivity index (χ2n) is 6.54. The predicted octanol–water partition coefficient (Wildman–Crippen LogP) is 3.91. The number of likely N-dealkylation sites (N-methyl/N-ethyl adjacent to an activating group) is 1. The maximum absolute atomic E-state index is 13.2.